The Morgan fingerprint density at radius 1 is 1.22 bits per heavy atom. The highest BCUT2D eigenvalue weighted by Gasteiger charge is 2.15. The largest absolute Gasteiger partial charge is 0.497 e. The van der Waals surface area contributed by atoms with E-state index in [2.05, 4.69) is 41.6 Å². The summed E-state index contributed by atoms with van der Waals surface area (Å²) in [4.78, 5) is 4.08. The average molecular weight is 329 g/mol. The lowest BCUT2D eigenvalue weighted by Crippen LogP contribution is -2.33. The van der Waals surface area contributed by atoms with E-state index < -0.39 is 0 Å². The topological polar surface area (TPSA) is 46.2 Å². The molecule has 0 spiro atoms. The summed E-state index contributed by atoms with van der Waals surface area (Å²) in [5.74, 6) is 1.41. The number of methoxy groups -OCH3 is 1. The van der Waals surface area contributed by atoms with E-state index in [1.165, 1.54) is 5.56 Å². The van der Waals surface area contributed by atoms with Crippen molar-refractivity contribution in [3.8, 4) is 5.75 Å². The Morgan fingerprint density at radius 2 is 1.96 bits per heavy atom. The molecule has 0 bridgehead atoms. The molecule has 0 aliphatic rings. The van der Waals surface area contributed by atoms with Crippen LogP contribution < -0.4 is 15.4 Å². The number of aromatic nitrogens is 1. The number of thiocarbonyl (C=S) groups is 1. The van der Waals surface area contributed by atoms with E-state index in [-0.39, 0.29) is 6.04 Å². The van der Waals surface area contributed by atoms with Crippen molar-refractivity contribution in [2.75, 3.05) is 12.4 Å². The van der Waals surface area contributed by atoms with Gasteiger partial charge in [0.1, 0.15) is 5.75 Å². The number of hydrogen-bond acceptors (Lipinski definition) is 3. The van der Waals surface area contributed by atoms with Crippen LogP contribution in [0.4, 0.5) is 5.69 Å². The molecule has 4 nitrogen and oxygen atoms in total. The van der Waals surface area contributed by atoms with E-state index in [0.29, 0.717) is 11.0 Å². The summed E-state index contributed by atoms with van der Waals surface area (Å²) in [6, 6.07) is 12.1. The van der Waals surface area contributed by atoms with Crippen molar-refractivity contribution in [3.63, 3.8) is 0 Å². The quantitative estimate of drug-likeness (QED) is 0.779. The van der Waals surface area contributed by atoms with Gasteiger partial charge in [-0.15, -0.1) is 0 Å². The third-order valence-electron chi connectivity index (χ3n) is 3.45. The van der Waals surface area contributed by atoms with Crippen LogP contribution in [0.5, 0.6) is 5.75 Å². The smallest absolute Gasteiger partial charge is 0.171 e. The Balaban J connectivity index is 2.06. The van der Waals surface area contributed by atoms with Crippen LogP contribution in [0.3, 0.4) is 0 Å². The summed E-state index contributed by atoms with van der Waals surface area (Å²) < 4.78 is 5.22. The molecule has 1 aromatic heterocycles. The maximum Gasteiger partial charge on any atom is 0.171 e. The molecule has 0 saturated carbocycles. The van der Waals surface area contributed by atoms with Crippen LogP contribution in [-0.2, 0) is 0 Å². The number of benzene rings is 1. The molecule has 0 amide bonds. The number of nitrogens with one attached hydrogen (secondary N) is 2. The first-order valence-electron chi connectivity index (χ1n) is 7.70. The number of ether oxygens (including phenoxy) is 1. The molecule has 1 aromatic carbocycles. The predicted molar refractivity (Wildman–Crippen MR) is 98.8 cm³/mol. The number of rotatable bonds is 6. The molecule has 122 valence electrons. The minimum absolute atomic E-state index is 0.151. The lowest BCUT2D eigenvalue weighted by molar-refractivity contribution is 0.414. The van der Waals surface area contributed by atoms with E-state index in [0.717, 1.165) is 17.9 Å². The first-order chi connectivity index (χ1) is 11.1. The van der Waals surface area contributed by atoms with Gasteiger partial charge in [-0.25, -0.2) is 0 Å². The van der Waals surface area contributed by atoms with Crippen LogP contribution in [0.25, 0.3) is 0 Å². The minimum Gasteiger partial charge on any atom is -0.497 e. The van der Waals surface area contributed by atoms with Crippen LogP contribution in [0.1, 0.15) is 31.9 Å². The Bertz CT molecular complexity index is 614. The second-order valence-electron chi connectivity index (χ2n) is 5.80. The van der Waals surface area contributed by atoms with E-state index >= 15 is 0 Å². The van der Waals surface area contributed by atoms with Gasteiger partial charge >= 0.3 is 0 Å². The molecule has 1 heterocycles. The number of hydrogen-bond donors (Lipinski definition) is 2. The Hall–Kier alpha value is -2.14. The molecule has 2 N–H and O–H groups in total. The predicted octanol–water partition coefficient (Wildman–Crippen LogP) is 4.16. The molecular formula is C18H23N3OS. The zero-order valence-corrected chi connectivity index (χ0v) is 14.6. The Morgan fingerprint density at radius 3 is 2.52 bits per heavy atom. The molecule has 0 fully saturated rings. The van der Waals surface area contributed by atoms with Gasteiger partial charge in [0.15, 0.2) is 5.11 Å². The second-order valence-corrected chi connectivity index (χ2v) is 6.20. The fraction of sp³-hybridized carbons (Fsp3) is 0.333. The van der Waals surface area contributed by atoms with Gasteiger partial charge in [-0.3, -0.25) is 4.98 Å². The summed E-state index contributed by atoms with van der Waals surface area (Å²) in [5.41, 5.74) is 2.07. The standard InChI is InChI=1S/C18H23N3OS/c1-13(2)11-17(14-6-8-16(22-3)9-7-14)21-18(23)20-15-5-4-10-19-12-15/h4-10,12-13,17H,11H2,1-3H3,(H2,20,21,23)/t17-/m0/s1. The van der Waals surface area contributed by atoms with Crippen molar-refractivity contribution in [2.45, 2.75) is 26.3 Å². The minimum atomic E-state index is 0.151. The van der Waals surface area contributed by atoms with Gasteiger partial charge in [-0.2, -0.15) is 0 Å². The number of nitrogens with zero attached hydrogens (tertiary/aromatic N) is 1. The molecule has 0 saturated heterocycles. The van der Waals surface area contributed by atoms with Gasteiger partial charge in [0.25, 0.3) is 0 Å². The molecule has 0 unspecified atom stereocenters. The second kappa shape index (κ2) is 8.48. The lowest BCUT2D eigenvalue weighted by atomic mass is 9.97. The zero-order chi connectivity index (χ0) is 16.7. The van der Waals surface area contributed by atoms with Crippen LogP contribution >= 0.6 is 12.2 Å². The van der Waals surface area contributed by atoms with Crippen LogP contribution in [-0.4, -0.2) is 17.2 Å². The molecule has 0 aliphatic carbocycles. The molecule has 23 heavy (non-hydrogen) atoms. The zero-order valence-electron chi connectivity index (χ0n) is 13.7. The summed E-state index contributed by atoms with van der Waals surface area (Å²) >= 11 is 5.44. The van der Waals surface area contributed by atoms with Crippen molar-refractivity contribution in [1.82, 2.24) is 10.3 Å². The summed E-state index contributed by atoms with van der Waals surface area (Å²) in [7, 11) is 1.67. The van der Waals surface area contributed by atoms with Gasteiger partial charge in [0, 0.05) is 6.20 Å². The number of pyridine rings is 1. The van der Waals surface area contributed by atoms with Gasteiger partial charge in [-0.05, 0) is 54.4 Å². The van der Waals surface area contributed by atoms with E-state index in [9.17, 15) is 0 Å². The first kappa shape index (κ1) is 17.2. The third-order valence-corrected chi connectivity index (χ3v) is 3.67. The van der Waals surface area contributed by atoms with Crippen LogP contribution in [0.15, 0.2) is 48.8 Å². The van der Waals surface area contributed by atoms with Gasteiger partial charge < -0.3 is 15.4 Å². The summed E-state index contributed by atoms with van der Waals surface area (Å²) in [6.45, 7) is 4.41. The summed E-state index contributed by atoms with van der Waals surface area (Å²) in [6.07, 6.45) is 4.47. The Labute approximate surface area is 143 Å². The molecular weight excluding hydrogens is 306 g/mol. The molecule has 1 atom stereocenters. The highest BCUT2D eigenvalue weighted by molar-refractivity contribution is 7.80. The maximum absolute atomic E-state index is 5.44. The van der Waals surface area contributed by atoms with E-state index in [1.54, 1.807) is 19.5 Å². The van der Waals surface area contributed by atoms with E-state index in [1.807, 2.05) is 24.3 Å². The normalized spacial score (nSPS) is 11.8. The van der Waals surface area contributed by atoms with Crippen molar-refractivity contribution in [1.29, 1.82) is 0 Å². The van der Waals surface area contributed by atoms with Crippen LogP contribution in [0, 0.1) is 5.92 Å². The fourth-order valence-corrected chi connectivity index (χ4v) is 2.61. The molecule has 0 aliphatic heterocycles. The summed E-state index contributed by atoms with van der Waals surface area (Å²) in [5, 5.41) is 7.17. The van der Waals surface area contributed by atoms with Crippen molar-refractivity contribution in [2.24, 2.45) is 5.92 Å². The molecule has 2 rings (SSSR count). The van der Waals surface area contributed by atoms with Gasteiger partial charge in [0.05, 0.1) is 25.0 Å². The average Bonchev–Trinajstić information content (AvgIpc) is 2.55. The third kappa shape index (κ3) is 5.53. The lowest BCUT2D eigenvalue weighted by Gasteiger charge is -2.23. The Kier molecular flexibility index (Phi) is 6.35. The highest BCUT2D eigenvalue weighted by atomic mass is 32.1. The van der Waals surface area contributed by atoms with E-state index in [4.69, 9.17) is 17.0 Å². The van der Waals surface area contributed by atoms with Gasteiger partial charge in [-0.1, -0.05) is 26.0 Å². The van der Waals surface area contributed by atoms with Gasteiger partial charge in [0.2, 0.25) is 0 Å². The maximum atomic E-state index is 5.44. The van der Waals surface area contributed by atoms with Crippen molar-refractivity contribution in [3.05, 3.63) is 54.4 Å². The van der Waals surface area contributed by atoms with Crippen molar-refractivity contribution >= 4 is 23.0 Å². The SMILES string of the molecule is COc1ccc([C@H](CC(C)C)NC(=S)Nc2cccnc2)cc1. The highest BCUT2D eigenvalue weighted by Crippen LogP contribution is 2.23. The first-order valence-corrected chi connectivity index (χ1v) is 8.11. The van der Waals surface area contributed by atoms with Crippen LogP contribution in [0.2, 0.25) is 0 Å². The molecule has 5 heteroatoms. The number of anilines is 1. The molecule has 0 radical (unpaired) electrons. The van der Waals surface area contributed by atoms with Crippen molar-refractivity contribution < 1.29 is 4.74 Å². The molecule has 2 aromatic rings. The monoisotopic (exact) mass is 329 g/mol. The fourth-order valence-electron chi connectivity index (χ4n) is 2.35.